The summed E-state index contributed by atoms with van der Waals surface area (Å²) in [7, 11) is -4.90. The molecule has 130 valence electrons. The summed E-state index contributed by atoms with van der Waals surface area (Å²) >= 11 is 1.40. The van der Waals surface area contributed by atoms with E-state index in [2.05, 4.69) is 10.3 Å². The lowest BCUT2D eigenvalue weighted by Crippen LogP contribution is -2.13. The highest BCUT2D eigenvalue weighted by atomic mass is 32.2. The van der Waals surface area contributed by atoms with E-state index in [-0.39, 0.29) is 11.7 Å². The lowest BCUT2D eigenvalue weighted by atomic mass is 10.2. The molecule has 24 heavy (non-hydrogen) atoms. The molecule has 1 heterocycles. The van der Waals surface area contributed by atoms with Crippen LogP contribution >= 0.6 is 11.3 Å². The molecule has 0 aliphatic rings. The van der Waals surface area contributed by atoms with Gasteiger partial charge in [-0.05, 0) is 26.0 Å². The number of nitrogens with one attached hydrogen (secondary N) is 1. The topological polar surface area (TPSA) is 102 Å². The third kappa shape index (κ3) is 3.67. The number of hydrogen-bond acceptors (Lipinski definition) is 7. The Labute approximate surface area is 140 Å². The minimum absolute atomic E-state index is 0.0218. The summed E-state index contributed by atoms with van der Waals surface area (Å²) in [5.74, 6) is -3.65. The predicted molar refractivity (Wildman–Crippen MR) is 85.2 cm³/mol. The Hall–Kier alpha value is -2.14. The van der Waals surface area contributed by atoms with E-state index in [4.69, 9.17) is 0 Å². The third-order valence-corrected chi connectivity index (χ3v) is 5.59. The van der Waals surface area contributed by atoms with Gasteiger partial charge in [-0.15, -0.1) is 11.3 Å². The van der Waals surface area contributed by atoms with Crippen LogP contribution in [0.15, 0.2) is 29.3 Å². The Morgan fingerprint density at radius 2 is 2.04 bits per heavy atom. The first-order valence-electron chi connectivity index (χ1n) is 6.62. The highest BCUT2D eigenvalue weighted by Crippen LogP contribution is 2.32. The van der Waals surface area contributed by atoms with Crippen LogP contribution in [0, 0.1) is 17.0 Å². The van der Waals surface area contributed by atoms with E-state index in [9.17, 15) is 27.3 Å². The van der Waals surface area contributed by atoms with Crippen LogP contribution in [0.5, 0.6) is 0 Å². The second kappa shape index (κ2) is 6.77. The van der Waals surface area contributed by atoms with Gasteiger partial charge >= 0.3 is 5.76 Å². The Morgan fingerprint density at radius 1 is 1.38 bits per heavy atom. The van der Waals surface area contributed by atoms with Gasteiger partial charge in [-0.25, -0.2) is 13.4 Å². The smallest absolute Gasteiger partial charge is 0.341 e. The number of alkyl halides is 2. The number of hydrogen-bond donors (Lipinski definition) is 1. The average Bonchev–Trinajstić information content (AvgIpc) is 2.93. The van der Waals surface area contributed by atoms with Crippen LogP contribution in [0.25, 0.3) is 0 Å². The molecule has 1 aromatic carbocycles. The zero-order valence-corrected chi connectivity index (χ0v) is 14.2. The summed E-state index contributed by atoms with van der Waals surface area (Å²) in [4.78, 5) is 14.7. The molecule has 1 unspecified atom stereocenters. The first kappa shape index (κ1) is 18.2. The van der Waals surface area contributed by atoms with E-state index < -0.39 is 31.1 Å². The van der Waals surface area contributed by atoms with Crippen LogP contribution in [-0.2, 0) is 9.84 Å². The van der Waals surface area contributed by atoms with Crippen molar-refractivity contribution in [3.63, 3.8) is 0 Å². The van der Waals surface area contributed by atoms with Crippen LogP contribution in [-0.4, -0.2) is 24.1 Å². The lowest BCUT2D eigenvalue weighted by Gasteiger charge is -2.13. The zero-order chi connectivity index (χ0) is 18.1. The van der Waals surface area contributed by atoms with Crippen LogP contribution in [0.3, 0.4) is 0 Å². The van der Waals surface area contributed by atoms with Gasteiger partial charge in [0.1, 0.15) is 10.7 Å². The maximum Gasteiger partial charge on any atom is 0.341 e. The largest absolute Gasteiger partial charge is 0.371 e. The molecule has 0 amide bonds. The van der Waals surface area contributed by atoms with Crippen molar-refractivity contribution in [3.8, 4) is 0 Å². The van der Waals surface area contributed by atoms with Gasteiger partial charge in [0.05, 0.1) is 15.9 Å². The number of aryl methyl sites for hydroxylation is 1. The summed E-state index contributed by atoms with van der Waals surface area (Å²) < 4.78 is 48.1. The molecule has 11 heteroatoms. The first-order chi connectivity index (χ1) is 11.1. The van der Waals surface area contributed by atoms with Crippen molar-refractivity contribution in [2.75, 3.05) is 5.32 Å². The van der Waals surface area contributed by atoms with Crippen molar-refractivity contribution in [1.29, 1.82) is 0 Å². The van der Waals surface area contributed by atoms with E-state index in [1.54, 1.807) is 13.1 Å². The molecule has 0 spiro atoms. The van der Waals surface area contributed by atoms with Gasteiger partial charge in [0.25, 0.3) is 5.69 Å². The van der Waals surface area contributed by atoms with E-state index in [1.807, 2.05) is 6.92 Å². The number of thiazole rings is 1. The number of nitro benzene ring substituents is 1. The summed E-state index contributed by atoms with van der Waals surface area (Å²) in [5.41, 5.74) is -0.578. The second-order valence-electron chi connectivity index (χ2n) is 4.92. The molecule has 0 radical (unpaired) electrons. The van der Waals surface area contributed by atoms with Crippen LogP contribution in [0.2, 0.25) is 0 Å². The van der Waals surface area contributed by atoms with Crippen molar-refractivity contribution in [2.45, 2.75) is 30.5 Å². The molecule has 0 aliphatic carbocycles. The fourth-order valence-corrected chi connectivity index (χ4v) is 3.45. The Morgan fingerprint density at radius 3 is 2.54 bits per heavy atom. The number of anilines is 1. The van der Waals surface area contributed by atoms with Gasteiger partial charge in [-0.2, -0.15) is 8.78 Å². The Kier molecular flexibility index (Phi) is 5.13. The number of nitrogens with zero attached hydrogens (tertiary/aromatic N) is 2. The quantitative estimate of drug-likeness (QED) is 0.610. The number of benzene rings is 1. The maximum atomic E-state index is 12.6. The van der Waals surface area contributed by atoms with Gasteiger partial charge < -0.3 is 5.32 Å². The van der Waals surface area contributed by atoms with Gasteiger partial charge in [-0.1, -0.05) is 0 Å². The minimum atomic E-state index is -4.90. The number of rotatable bonds is 6. The maximum absolute atomic E-state index is 12.6. The molecule has 1 atom stereocenters. The van der Waals surface area contributed by atoms with Crippen LogP contribution in [0.4, 0.5) is 20.2 Å². The van der Waals surface area contributed by atoms with E-state index >= 15 is 0 Å². The predicted octanol–water partition coefficient (Wildman–Crippen LogP) is 3.53. The van der Waals surface area contributed by atoms with Gasteiger partial charge in [0.2, 0.25) is 9.84 Å². The third-order valence-electron chi connectivity index (χ3n) is 3.11. The molecular formula is C13H13F2N3O4S2. The van der Waals surface area contributed by atoms with Gasteiger partial charge in [0.15, 0.2) is 0 Å². The summed E-state index contributed by atoms with van der Waals surface area (Å²) in [6.07, 6.45) is 1.66. The monoisotopic (exact) mass is 377 g/mol. The van der Waals surface area contributed by atoms with E-state index in [1.165, 1.54) is 11.3 Å². The molecule has 0 fully saturated rings. The molecule has 2 aromatic rings. The average molecular weight is 377 g/mol. The van der Waals surface area contributed by atoms with Crippen molar-refractivity contribution in [2.24, 2.45) is 0 Å². The van der Waals surface area contributed by atoms with Crippen molar-refractivity contribution >= 4 is 32.5 Å². The first-order valence-corrected chi connectivity index (χ1v) is 8.98. The summed E-state index contributed by atoms with van der Waals surface area (Å²) in [6, 6.07) is 2.27. The molecule has 1 aromatic heterocycles. The molecule has 0 saturated heterocycles. The molecule has 7 nitrogen and oxygen atoms in total. The normalized spacial score (nSPS) is 13.0. The number of sulfone groups is 1. The van der Waals surface area contributed by atoms with E-state index in [0.29, 0.717) is 11.1 Å². The Bertz CT molecular complexity index is 868. The van der Waals surface area contributed by atoms with Crippen molar-refractivity contribution in [3.05, 3.63) is 44.4 Å². The number of aromatic nitrogens is 1. The summed E-state index contributed by atoms with van der Waals surface area (Å²) in [5, 5.41) is 14.7. The summed E-state index contributed by atoms with van der Waals surface area (Å²) in [6.45, 7) is 3.59. The molecule has 1 N–H and O–H groups in total. The van der Waals surface area contributed by atoms with Crippen molar-refractivity contribution in [1.82, 2.24) is 4.98 Å². The molecular weight excluding hydrogens is 364 g/mol. The van der Waals surface area contributed by atoms with E-state index in [0.717, 1.165) is 17.0 Å². The SMILES string of the molecule is Cc1cnc(C(C)Nc2ccc(S(=O)(=O)C(F)F)cc2[N+](=O)[O-])s1. The molecule has 0 bridgehead atoms. The fourth-order valence-electron chi connectivity index (χ4n) is 1.93. The molecule has 2 rings (SSSR count). The van der Waals surface area contributed by atoms with Gasteiger partial charge in [-0.3, -0.25) is 10.1 Å². The Balaban J connectivity index is 2.39. The van der Waals surface area contributed by atoms with Crippen LogP contribution < -0.4 is 5.32 Å². The fraction of sp³-hybridized carbons (Fsp3) is 0.308. The van der Waals surface area contributed by atoms with Crippen molar-refractivity contribution < 1.29 is 22.1 Å². The lowest BCUT2D eigenvalue weighted by molar-refractivity contribution is -0.384. The highest BCUT2D eigenvalue weighted by Gasteiger charge is 2.29. The zero-order valence-electron chi connectivity index (χ0n) is 12.6. The van der Waals surface area contributed by atoms with Gasteiger partial charge in [0, 0.05) is 17.1 Å². The second-order valence-corrected chi connectivity index (χ2v) is 8.10. The molecule has 0 aliphatic heterocycles. The number of halogens is 2. The minimum Gasteiger partial charge on any atom is -0.371 e. The number of nitro groups is 1. The standard InChI is InChI=1S/C13H13F2N3O4S2/c1-7-6-16-12(23-7)8(2)17-10-4-3-9(5-11(10)18(19)20)24(21,22)13(14)15/h3-6,8,13,17H,1-2H3. The highest BCUT2D eigenvalue weighted by molar-refractivity contribution is 7.91. The van der Waals surface area contributed by atoms with Crippen LogP contribution in [0.1, 0.15) is 22.9 Å². The molecule has 0 saturated carbocycles.